The summed E-state index contributed by atoms with van der Waals surface area (Å²) >= 11 is 0. The van der Waals surface area contributed by atoms with Crippen LogP contribution < -0.4 is 14.8 Å². The summed E-state index contributed by atoms with van der Waals surface area (Å²) in [6.45, 7) is 2.35. The van der Waals surface area contributed by atoms with Crippen molar-refractivity contribution in [3.8, 4) is 23.0 Å². The molecule has 4 rings (SSSR count). The molecule has 0 aliphatic heterocycles. The Morgan fingerprint density at radius 3 is 2.79 bits per heavy atom. The van der Waals surface area contributed by atoms with Crippen molar-refractivity contribution in [2.24, 2.45) is 7.05 Å². The molecule has 0 spiro atoms. The lowest BCUT2D eigenvalue weighted by Gasteiger charge is -2.23. The van der Waals surface area contributed by atoms with E-state index in [1.54, 1.807) is 29.3 Å². The van der Waals surface area contributed by atoms with Gasteiger partial charge in [-0.2, -0.15) is 10.1 Å². The van der Waals surface area contributed by atoms with E-state index >= 15 is 0 Å². The van der Waals surface area contributed by atoms with Crippen LogP contribution in [0.1, 0.15) is 56.8 Å². The number of aryl methyl sites for hydroxylation is 2. The molecule has 1 aliphatic carbocycles. The van der Waals surface area contributed by atoms with Gasteiger partial charge in [0.25, 0.3) is 0 Å². The molecule has 0 atom stereocenters. The van der Waals surface area contributed by atoms with Gasteiger partial charge in [0.05, 0.1) is 55.3 Å². The number of ether oxygens (including phenoxy) is 2. The van der Waals surface area contributed by atoms with Crippen LogP contribution in [0.25, 0.3) is 11.4 Å². The molecule has 1 fully saturated rings. The van der Waals surface area contributed by atoms with E-state index in [1.165, 1.54) is 19.3 Å². The van der Waals surface area contributed by atoms with Crippen LogP contribution in [-0.4, -0.2) is 49.1 Å². The summed E-state index contributed by atoms with van der Waals surface area (Å²) in [4.78, 5) is 18.0. The van der Waals surface area contributed by atoms with Crippen LogP contribution in [0, 0.1) is 0 Å². The summed E-state index contributed by atoms with van der Waals surface area (Å²) in [5, 5.41) is 7.61. The van der Waals surface area contributed by atoms with Crippen molar-refractivity contribution in [2.75, 3.05) is 18.6 Å². The van der Waals surface area contributed by atoms with E-state index in [0.29, 0.717) is 30.6 Å². The first-order chi connectivity index (χ1) is 16.7. The Bertz CT molecular complexity index is 1070. The van der Waals surface area contributed by atoms with Crippen molar-refractivity contribution >= 4 is 5.95 Å². The number of aromatic nitrogens is 6. The molecule has 10 heteroatoms. The van der Waals surface area contributed by atoms with Crippen LogP contribution in [-0.2, 0) is 20.0 Å². The number of anilines is 1. The summed E-state index contributed by atoms with van der Waals surface area (Å²) in [5.41, 5.74) is 2.64. The zero-order valence-electron chi connectivity index (χ0n) is 19.8. The van der Waals surface area contributed by atoms with Gasteiger partial charge in [0, 0.05) is 25.7 Å². The van der Waals surface area contributed by atoms with E-state index in [1.807, 2.05) is 7.05 Å². The van der Waals surface area contributed by atoms with Gasteiger partial charge < -0.3 is 14.8 Å². The Morgan fingerprint density at radius 2 is 2.00 bits per heavy atom. The predicted molar refractivity (Wildman–Crippen MR) is 127 cm³/mol. The molecule has 1 aliphatic rings. The Hall–Kier alpha value is -3.30. The van der Waals surface area contributed by atoms with Gasteiger partial charge >= 0.3 is 0 Å². The molecule has 3 aromatic heterocycles. The first-order valence-electron chi connectivity index (χ1n) is 12.0. The number of rotatable bonds is 11. The van der Waals surface area contributed by atoms with Gasteiger partial charge in [-0.1, -0.05) is 13.3 Å². The second-order valence-electron chi connectivity index (χ2n) is 8.33. The van der Waals surface area contributed by atoms with Crippen LogP contribution in [0.5, 0.6) is 11.6 Å². The molecule has 1 saturated carbocycles. The molecule has 0 saturated heterocycles. The first kappa shape index (κ1) is 23.8. The zero-order valence-corrected chi connectivity index (χ0v) is 19.8. The second-order valence-corrected chi connectivity index (χ2v) is 8.33. The number of hydrogen-bond acceptors (Lipinski definition) is 8. The maximum absolute atomic E-state index is 12.3. The fourth-order valence-electron chi connectivity index (χ4n) is 4.01. The maximum Gasteiger partial charge on any atom is 0.226 e. The van der Waals surface area contributed by atoms with Gasteiger partial charge in [-0.25, -0.2) is 15.0 Å². The van der Waals surface area contributed by atoms with E-state index in [2.05, 4.69) is 32.3 Å². The highest BCUT2D eigenvalue weighted by Gasteiger charge is 2.19. The van der Waals surface area contributed by atoms with Crippen molar-refractivity contribution in [3.63, 3.8) is 0 Å². The molecule has 182 valence electrons. The maximum atomic E-state index is 12.3. The monoisotopic (exact) mass is 469 g/mol. The van der Waals surface area contributed by atoms with Gasteiger partial charge in [0.2, 0.25) is 11.8 Å². The minimum Gasteiger partial charge on any atom is -0.487 e. The van der Waals surface area contributed by atoms with Gasteiger partial charge in [0.1, 0.15) is 0 Å². The highest BCUT2D eigenvalue weighted by atomic mass is 19.1. The lowest BCUT2D eigenvalue weighted by molar-refractivity contribution is 0.152. The van der Waals surface area contributed by atoms with Crippen LogP contribution in [0.2, 0.25) is 0 Å². The minimum absolute atomic E-state index is 0.253. The molecule has 0 amide bonds. The molecule has 34 heavy (non-hydrogen) atoms. The molecule has 9 nitrogen and oxygen atoms in total. The standard InChI is InChI=1S/C24H32FN7O2/c1-3-19-21(34-17-8-5-4-6-9-17)16-27-23(30-19)18-14-29-32(2)20(18)15-28-24-26-12-10-22(31-24)33-13-7-11-25/h10,12,14,16-17H,3-9,11,13,15H2,1-2H3,(H,26,28,31). The van der Waals surface area contributed by atoms with Gasteiger partial charge in [-0.3, -0.25) is 9.07 Å². The Labute approximate surface area is 199 Å². The third-order valence-corrected chi connectivity index (χ3v) is 5.88. The van der Waals surface area contributed by atoms with Crippen LogP contribution in [0.4, 0.5) is 10.3 Å². The molecular weight excluding hydrogens is 437 g/mol. The highest BCUT2D eigenvalue weighted by Crippen LogP contribution is 2.28. The van der Waals surface area contributed by atoms with E-state index < -0.39 is 6.67 Å². The third kappa shape index (κ3) is 5.98. The van der Waals surface area contributed by atoms with Crippen molar-refractivity contribution in [3.05, 3.63) is 36.0 Å². The zero-order chi connectivity index (χ0) is 23.8. The molecule has 0 bridgehead atoms. The van der Waals surface area contributed by atoms with Crippen molar-refractivity contribution in [2.45, 2.75) is 64.5 Å². The van der Waals surface area contributed by atoms with Crippen molar-refractivity contribution in [1.29, 1.82) is 0 Å². The van der Waals surface area contributed by atoms with Crippen molar-refractivity contribution in [1.82, 2.24) is 29.7 Å². The SMILES string of the molecule is CCc1nc(-c2cnn(C)c2CNc2nccc(OCCCF)n2)ncc1OC1CCCCC1. The van der Waals surface area contributed by atoms with E-state index in [4.69, 9.17) is 14.5 Å². The number of nitrogens with zero attached hydrogens (tertiary/aromatic N) is 6. The molecule has 0 unspecified atom stereocenters. The lowest BCUT2D eigenvalue weighted by atomic mass is 9.98. The summed E-state index contributed by atoms with van der Waals surface area (Å²) < 4.78 is 25.8. The average Bonchev–Trinajstić information content (AvgIpc) is 3.24. The molecule has 3 aromatic rings. The fourth-order valence-corrected chi connectivity index (χ4v) is 4.01. The third-order valence-electron chi connectivity index (χ3n) is 5.88. The van der Waals surface area contributed by atoms with Crippen molar-refractivity contribution < 1.29 is 13.9 Å². The summed E-state index contributed by atoms with van der Waals surface area (Å²) in [7, 11) is 1.87. The molecule has 0 radical (unpaired) electrons. The minimum atomic E-state index is -0.422. The second kappa shape index (κ2) is 11.7. The Balaban J connectivity index is 1.47. The number of alkyl halides is 1. The predicted octanol–water partition coefficient (Wildman–Crippen LogP) is 4.29. The molecule has 0 aromatic carbocycles. The lowest BCUT2D eigenvalue weighted by Crippen LogP contribution is -2.20. The topological polar surface area (TPSA) is 99.9 Å². The Kier molecular flexibility index (Phi) is 8.21. The summed E-state index contributed by atoms with van der Waals surface area (Å²) in [5.74, 6) is 2.21. The van der Waals surface area contributed by atoms with E-state index in [-0.39, 0.29) is 12.7 Å². The largest absolute Gasteiger partial charge is 0.487 e. The highest BCUT2D eigenvalue weighted by molar-refractivity contribution is 5.58. The normalized spacial score (nSPS) is 14.2. The fraction of sp³-hybridized carbons (Fsp3) is 0.542. The van der Waals surface area contributed by atoms with Gasteiger partial charge in [-0.05, 0) is 32.1 Å². The molecule has 1 N–H and O–H groups in total. The molecule has 3 heterocycles. The summed E-state index contributed by atoms with van der Waals surface area (Å²) in [6.07, 6.45) is 12.4. The Morgan fingerprint density at radius 1 is 1.15 bits per heavy atom. The van der Waals surface area contributed by atoms with Gasteiger partial charge in [-0.15, -0.1) is 0 Å². The van der Waals surface area contributed by atoms with Crippen LogP contribution in [0.3, 0.4) is 0 Å². The van der Waals surface area contributed by atoms with Crippen LogP contribution >= 0.6 is 0 Å². The number of hydrogen-bond donors (Lipinski definition) is 1. The first-order valence-corrected chi connectivity index (χ1v) is 12.0. The number of halogens is 1. The summed E-state index contributed by atoms with van der Waals surface area (Å²) in [6, 6.07) is 1.65. The average molecular weight is 470 g/mol. The quantitative estimate of drug-likeness (QED) is 0.415. The smallest absolute Gasteiger partial charge is 0.226 e. The van der Waals surface area contributed by atoms with E-state index in [9.17, 15) is 4.39 Å². The van der Waals surface area contributed by atoms with E-state index in [0.717, 1.165) is 42.0 Å². The van der Waals surface area contributed by atoms with Crippen LogP contribution in [0.15, 0.2) is 24.7 Å². The van der Waals surface area contributed by atoms with Gasteiger partial charge in [0.15, 0.2) is 11.6 Å². The molecular formula is C24H32FN7O2. The number of nitrogens with one attached hydrogen (secondary N) is 1.